The Labute approximate surface area is 103 Å². The van der Waals surface area contributed by atoms with Crippen LogP contribution in [0.15, 0.2) is 18.2 Å². The number of hydrogen-bond donors (Lipinski definition) is 1. The van der Waals surface area contributed by atoms with E-state index >= 15 is 0 Å². The zero-order valence-corrected chi connectivity index (χ0v) is 11.0. The average molecular weight is 235 g/mol. The molecular weight excluding hydrogens is 214 g/mol. The van der Waals surface area contributed by atoms with Crippen LogP contribution in [0.2, 0.25) is 0 Å². The normalized spacial score (nSPS) is 19.4. The minimum Gasteiger partial charge on any atom is -0.496 e. The molecular formula is C14H21NO2. The van der Waals surface area contributed by atoms with Gasteiger partial charge in [-0.05, 0) is 32.9 Å². The second kappa shape index (κ2) is 4.22. The van der Waals surface area contributed by atoms with E-state index in [2.05, 4.69) is 17.9 Å². The van der Waals surface area contributed by atoms with Gasteiger partial charge in [0.25, 0.3) is 0 Å². The van der Waals surface area contributed by atoms with E-state index in [9.17, 15) is 5.11 Å². The summed E-state index contributed by atoms with van der Waals surface area (Å²) in [5.41, 5.74) is 1.61. The zero-order chi connectivity index (χ0) is 12.6. The van der Waals surface area contributed by atoms with E-state index in [1.165, 1.54) is 5.69 Å². The Morgan fingerprint density at radius 2 is 2.18 bits per heavy atom. The van der Waals surface area contributed by atoms with Crippen molar-refractivity contribution in [3.8, 4) is 5.75 Å². The number of ether oxygens (including phenoxy) is 1. The molecule has 3 nitrogen and oxygen atoms in total. The molecule has 1 N–H and O–H groups in total. The van der Waals surface area contributed by atoms with E-state index < -0.39 is 5.60 Å². The molecule has 0 radical (unpaired) electrons. The molecule has 1 aromatic carbocycles. The summed E-state index contributed by atoms with van der Waals surface area (Å²) in [5, 5.41) is 10.3. The minimum absolute atomic E-state index is 0.105. The van der Waals surface area contributed by atoms with Crippen LogP contribution in [0, 0.1) is 0 Å². The first-order valence-corrected chi connectivity index (χ1v) is 6.13. The number of fused-ring (bicyclic) bond motifs is 1. The Kier molecular flexibility index (Phi) is 3.04. The van der Waals surface area contributed by atoms with Crippen molar-refractivity contribution in [2.75, 3.05) is 25.1 Å². The summed E-state index contributed by atoms with van der Waals surface area (Å²) < 4.78 is 5.44. The van der Waals surface area contributed by atoms with Crippen molar-refractivity contribution < 1.29 is 9.84 Å². The van der Waals surface area contributed by atoms with Crippen molar-refractivity contribution in [3.63, 3.8) is 0 Å². The van der Waals surface area contributed by atoms with Gasteiger partial charge < -0.3 is 14.7 Å². The minimum atomic E-state index is -0.729. The molecule has 0 fully saturated rings. The number of hydrogen-bond acceptors (Lipinski definition) is 3. The third kappa shape index (κ3) is 2.00. The second-order valence-corrected chi connectivity index (χ2v) is 5.14. The van der Waals surface area contributed by atoms with Crippen LogP contribution < -0.4 is 9.64 Å². The van der Waals surface area contributed by atoms with E-state index in [0.717, 1.165) is 24.4 Å². The number of aliphatic hydroxyl groups is 1. The third-order valence-electron chi connectivity index (χ3n) is 3.59. The Balaban J connectivity index is 2.53. The second-order valence-electron chi connectivity index (χ2n) is 5.14. The van der Waals surface area contributed by atoms with Crippen molar-refractivity contribution >= 4 is 5.69 Å². The molecule has 0 spiro atoms. The first-order valence-electron chi connectivity index (χ1n) is 6.13. The van der Waals surface area contributed by atoms with Crippen molar-refractivity contribution in [2.45, 2.75) is 32.3 Å². The Bertz CT molecular complexity index is 409. The lowest BCUT2D eigenvalue weighted by atomic mass is 9.86. The molecule has 0 saturated heterocycles. The molecule has 0 bridgehead atoms. The highest BCUT2D eigenvalue weighted by molar-refractivity contribution is 5.66. The topological polar surface area (TPSA) is 32.7 Å². The molecule has 1 aromatic rings. The maximum Gasteiger partial charge on any atom is 0.124 e. The van der Waals surface area contributed by atoms with Crippen molar-refractivity contribution in [1.29, 1.82) is 0 Å². The van der Waals surface area contributed by atoms with Gasteiger partial charge in [-0.3, -0.25) is 0 Å². The van der Waals surface area contributed by atoms with Crippen LogP contribution in [0.25, 0.3) is 0 Å². The highest BCUT2D eigenvalue weighted by Crippen LogP contribution is 2.46. The molecule has 1 unspecified atom stereocenters. The standard InChI is InChI=1S/C14H21NO2/c1-5-15-9-10(14(2,3)16)13-11(15)7-6-8-12(13)17-4/h6-8,10,16H,5,9H2,1-4H3. The van der Waals surface area contributed by atoms with Gasteiger partial charge in [-0.15, -0.1) is 0 Å². The van der Waals surface area contributed by atoms with E-state index in [4.69, 9.17) is 4.74 Å². The number of methoxy groups -OCH3 is 1. The summed E-state index contributed by atoms with van der Waals surface area (Å²) in [5.74, 6) is 0.985. The SMILES string of the molecule is CCN1CC(C(C)(C)O)c2c(OC)cccc21. The van der Waals surface area contributed by atoms with Crippen LogP contribution in [-0.4, -0.2) is 30.9 Å². The van der Waals surface area contributed by atoms with Gasteiger partial charge in [-0.1, -0.05) is 6.07 Å². The van der Waals surface area contributed by atoms with Crippen LogP contribution in [0.3, 0.4) is 0 Å². The maximum absolute atomic E-state index is 10.3. The highest BCUT2D eigenvalue weighted by atomic mass is 16.5. The number of anilines is 1. The molecule has 1 heterocycles. The molecule has 0 saturated carbocycles. The highest BCUT2D eigenvalue weighted by Gasteiger charge is 2.39. The summed E-state index contributed by atoms with van der Waals surface area (Å²) in [6.07, 6.45) is 0. The average Bonchev–Trinajstić information content (AvgIpc) is 2.67. The van der Waals surface area contributed by atoms with Crippen LogP contribution in [0.4, 0.5) is 5.69 Å². The fraction of sp³-hybridized carbons (Fsp3) is 0.571. The Morgan fingerprint density at radius 1 is 1.47 bits per heavy atom. The van der Waals surface area contributed by atoms with Crippen LogP contribution >= 0.6 is 0 Å². The van der Waals surface area contributed by atoms with Gasteiger partial charge in [0.2, 0.25) is 0 Å². The number of rotatable bonds is 3. The lowest BCUT2D eigenvalue weighted by Gasteiger charge is -2.27. The molecule has 3 heteroatoms. The maximum atomic E-state index is 10.3. The fourth-order valence-corrected chi connectivity index (χ4v) is 2.62. The van der Waals surface area contributed by atoms with Gasteiger partial charge in [0, 0.05) is 30.3 Å². The lowest BCUT2D eigenvalue weighted by molar-refractivity contribution is 0.0541. The van der Waals surface area contributed by atoms with Crippen molar-refractivity contribution in [1.82, 2.24) is 0 Å². The largest absolute Gasteiger partial charge is 0.496 e. The van der Waals surface area contributed by atoms with Gasteiger partial charge in [0.05, 0.1) is 12.7 Å². The summed E-state index contributed by atoms with van der Waals surface area (Å²) in [4.78, 5) is 2.29. The molecule has 1 aliphatic rings. The quantitative estimate of drug-likeness (QED) is 0.873. The smallest absolute Gasteiger partial charge is 0.124 e. The zero-order valence-electron chi connectivity index (χ0n) is 11.0. The molecule has 0 aliphatic carbocycles. The van der Waals surface area contributed by atoms with Crippen molar-refractivity contribution in [3.05, 3.63) is 23.8 Å². The molecule has 0 aromatic heterocycles. The molecule has 1 atom stereocenters. The van der Waals surface area contributed by atoms with Gasteiger partial charge in [-0.25, -0.2) is 0 Å². The number of benzene rings is 1. The van der Waals surface area contributed by atoms with Gasteiger partial charge in [0.15, 0.2) is 0 Å². The van der Waals surface area contributed by atoms with Crippen molar-refractivity contribution in [2.24, 2.45) is 0 Å². The van der Waals surface area contributed by atoms with Gasteiger partial charge >= 0.3 is 0 Å². The lowest BCUT2D eigenvalue weighted by Crippen LogP contribution is -2.33. The monoisotopic (exact) mass is 235 g/mol. The molecule has 1 aliphatic heterocycles. The summed E-state index contributed by atoms with van der Waals surface area (Å²) in [6, 6.07) is 6.08. The Hall–Kier alpha value is -1.22. The van der Waals surface area contributed by atoms with E-state index in [1.807, 2.05) is 26.0 Å². The van der Waals surface area contributed by atoms with Crippen LogP contribution in [0.1, 0.15) is 32.3 Å². The molecule has 94 valence electrons. The van der Waals surface area contributed by atoms with E-state index in [-0.39, 0.29) is 5.92 Å². The van der Waals surface area contributed by atoms with Crippen LogP contribution in [0.5, 0.6) is 5.75 Å². The van der Waals surface area contributed by atoms with E-state index in [0.29, 0.717) is 0 Å². The van der Waals surface area contributed by atoms with Crippen LogP contribution in [-0.2, 0) is 0 Å². The summed E-state index contributed by atoms with van der Waals surface area (Å²) in [7, 11) is 1.69. The predicted molar refractivity (Wildman–Crippen MR) is 69.9 cm³/mol. The summed E-state index contributed by atoms with van der Waals surface area (Å²) >= 11 is 0. The third-order valence-corrected chi connectivity index (χ3v) is 3.59. The molecule has 2 rings (SSSR count). The van der Waals surface area contributed by atoms with Gasteiger partial charge in [-0.2, -0.15) is 0 Å². The first kappa shape index (κ1) is 12.2. The summed E-state index contributed by atoms with van der Waals surface area (Å²) in [6.45, 7) is 7.68. The van der Waals surface area contributed by atoms with Gasteiger partial charge in [0.1, 0.15) is 5.75 Å². The predicted octanol–water partition coefficient (Wildman–Crippen LogP) is 2.39. The number of nitrogens with zero attached hydrogens (tertiary/aromatic N) is 1. The number of likely N-dealkylation sites (N-methyl/N-ethyl adjacent to an activating group) is 1. The molecule has 0 amide bonds. The Morgan fingerprint density at radius 3 is 2.71 bits per heavy atom. The molecule has 17 heavy (non-hydrogen) atoms. The van der Waals surface area contributed by atoms with E-state index in [1.54, 1.807) is 7.11 Å². The first-order chi connectivity index (χ1) is 7.99. The fourth-order valence-electron chi connectivity index (χ4n) is 2.62.